The molecule has 4 bridgehead atoms. The van der Waals surface area contributed by atoms with E-state index in [9.17, 15) is 4.79 Å². The first-order valence-electron chi connectivity index (χ1n) is 10.4. The van der Waals surface area contributed by atoms with Gasteiger partial charge in [0.15, 0.2) is 16.7 Å². The van der Waals surface area contributed by atoms with Crippen LogP contribution >= 0.6 is 11.8 Å². The molecular weight excluding hydrogens is 370 g/mol. The number of nitrogens with zero attached hydrogens (tertiary/aromatic N) is 3. The molecule has 0 radical (unpaired) electrons. The van der Waals surface area contributed by atoms with Gasteiger partial charge in [-0.15, -0.1) is 16.8 Å². The second-order valence-corrected chi connectivity index (χ2v) is 10.3. The summed E-state index contributed by atoms with van der Waals surface area (Å²) >= 11 is 1.54. The van der Waals surface area contributed by atoms with Crippen molar-refractivity contribution in [1.82, 2.24) is 14.8 Å². The lowest BCUT2D eigenvalue weighted by Crippen LogP contribution is -2.51. The topological polar surface area (TPSA) is 60.9 Å². The van der Waals surface area contributed by atoms with E-state index in [1.807, 2.05) is 29.7 Å². The summed E-state index contributed by atoms with van der Waals surface area (Å²) in [6.07, 6.45) is 10.9. The second-order valence-electron chi connectivity index (χ2n) is 9.00. The summed E-state index contributed by atoms with van der Waals surface area (Å²) in [5.74, 6) is 4.14. The first kappa shape index (κ1) is 18.2. The normalized spacial score (nSPS) is 31.8. The second kappa shape index (κ2) is 6.90. The Morgan fingerprint density at radius 1 is 1.32 bits per heavy atom. The molecule has 5 nitrogen and oxygen atoms in total. The molecule has 2 heterocycles. The van der Waals surface area contributed by atoms with Crippen LogP contribution in [0.15, 0.2) is 40.6 Å². The highest BCUT2D eigenvalue weighted by atomic mass is 32.2. The maximum atomic E-state index is 13.6. The maximum Gasteiger partial charge on any atom is 0.200 e. The minimum atomic E-state index is -0.117. The van der Waals surface area contributed by atoms with Gasteiger partial charge in [-0.3, -0.25) is 9.36 Å². The number of aromatic nitrogens is 3. The van der Waals surface area contributed by atoms with Gasteiger partial charge in [-0.2, -0.15) is 0 Å². The van der Waals surface area contributed by atoms with Crippen molar-refractivity contribution in [1.29, 1.82) is 0 Å². The minimum absolute atomic E-state index is 0.0751. The van der Waals surface area contributed by atoms with E-state index in [4.69, 9.17) is 4.42 Å². The van der Waals surface area contributed by atoms with Gasteiger partial charge in [0.1, 0.15) is 0 Å². The van der Waals surface area contributed by atoms with Crippen LogP contribution in [-0.2, 0) is 11.3 Å². The van der Waals surface area contributed by atoms with Gasteiger partial charge in [-0.1, -0.05) is 17.8 Å². The van der Waals surface area contributed by atoms with E-state index in [0.717, 1.165) is 42.2 Å². The van der Waals surface area contributed by atoms with Crippen molar-refractivity contribution in [2.45, 2.75) is 62.4 Å². The molecule has 4 fully saturated rings. The summed E-state index contributed by atoms with van der Waals surface area (Å²) in [5.41, 5.74) is -0.0751. The number of carbonyl (C=O) groups is 1. The standard InChI is InChI=1S/C22H27N3O2S/c1-3-6-25-20(18-5-4-7-27-18)23-24-21(25)28-14(2)19(26)22-11-15-8-16(12-22)10-17(9-15)13-22/h3-5,7,14-17H,1,6,8-13H2,2H3. The van der Waals surface area contributed by atoms with Crippen molar-refractivity contribution in [3.8, 4) is 11.6 Å². The SMILES string of the molecule is C=CCn1c(SC(C)C(=O)C23CC4CC(CC(C4)C2)C3)nnc1-c1ccco1. The molecule has 0 aliphatic heterocycles. The zero-order chi connectivity index (χ0) is 19.3. The molecule has 0 saturated heterocycles. The van der Waals surface area contributed by atoms with Gasteiger partial charge in [-0.05, 0) is 75.3 Å². The fourth-order valence-electron chi connectivity index (χ4n) is 6.31. The molecule has 6 heteroatoms. The van der Waals surface area contributed by atoms with E-state index < -0.39 is 0 Å². The summed E-state index contributed by atoms with van der Waals surface area (Å²) in [4.78, 5) is 13.6. The number of hydrogen-bond acceptors (Lipinski definition) is 5. The van der Waals surface area contributed by atoms with E-state index in [2.05, 4.69) is 16.8 Å². The fraction of sp³-hybridized carbons (Fsp3) is 0.591. The third-order valence-electron chi connectivity index (χ3n) is 6.98. The molecule has 4 aliphatic rings. The Hall–Kier alpha value is -1.82. The Labute approximate surface area is 170 Å². The van der Waals surface area contributed by atoms with E-state index in [-0.39, 0.29) is 10.7 Å². The largest absolute Gasteiger partial charge is 0.461 e. The average molecular weight is 398 g/mol. The molecule has 0 spiro atoms. The monoisotopic (exact) mass is 397 g/mol. The molecule has 0 amide bonds. The van der Waals surface area contributed by atoms with Gasteiger partial charge < -0.3 is 4.42 Å². The number of carbonyl (C=O) groups excluding carboxylic acids is 1. The summed E-state index contributed by atoms with van der Waals surface area (Å²) in [7, 11) is 0. The van der Waals surface area contributed by atoms with Crippen LogP contribution in [0.2, 0.25) is 0 Å². The summed E-state index contributed by atoms with van der Waals surface area (Å²) in [6, 6.07) is 3.72. The predicted molar refractivity (Wildman–Crippen MR) is 109 cm³/mol. The van der Waals surface area contributed by atoms with E-state index in [1.54, 1.807) is 6.26 Å². The molecular formula is C22H27N3O2S. The van der Waals surface area contributed by atoms with Crippen LogP contribution in [-0.4, -0.2) is 25.8 Å². The van der Waals surface area contributed by atoms with Crippen LogP contribution in [0, 0.1) is 23.2 Å². The molecule has 0 N–H and O–H groups in total. The van der Waals surface area contributed by atoms with E-state index in [0.29, 0.717) is 23.9 Å². The Kier molecular flexibility index (Phi) is 4.49. The first-order chi connectivity index (χ1) is 13.6. The van der Waals surface area contributed by atoms with Gasteiger partial charge in [0.2, 0.25) is 5.82 Å². The summed E-state index contributed by atoms with van der Waals surface area (Å²) in [5, 5.41) is 9.34. The van der Waals surface area contributed by atoms with Crippen LogP contribution in [0.4, 0.5) is 0 Å². The quantitative estimate of drug-likeness (QED) is 0.486. The van der Waals surface area contributed by atoms with Crippen molar-refractivity contribution in [3.05, 3.63) is 31.1 Å². The van der Waals surface area contributed by atoms with Crippen LogP contribution in [0.3, 0.4) is 0 Å². The molecule has 6 rings (SSSR count). The van der Waals surface area contributed by atoms with Crippen LogP contribution < -0.4 is 0 Å². The molecule has 148 valence electrons. The average Bonchev–Trinajstić information content (AvgIpc) is 3.31. The lowest BCUT2D eigenvalue weighted by Gasteiger charge is -2.56. The first-order valence-corrected chi connectivity index (χ1v) is 11.2. The van der Waals surface area contributed by atoms with Crippen LogP contribution in [0.1, 0.15) is 45.4 Å². The van der Waals surface area contributed by atoms with Gasteiger partial charge in [0.25, 0.3) is 0 Å². The third kappa shape index (κ3) is 2.97. The van der Waals surface area contributed by atoms with Crippen molar-refractivity contribution >= 4 is 17.5 Å². The van der Waals surface area contributed by atoms with Gasteiger partial charge in [0.05, 0.1) is 11.5 Å². The lowest BCUT2D eigenvalue weighted by atomic mass is 9.48. The number of rotatable bonds is 7. The zero-order valence-corrected chi connectivity index (χ0v) is 17.2. The van der Waals surface area contributed by atoms with E-state index >= 15 is 0 Å². The number of furan rings is 1. The highest BCUT2D eigenvalue weighted by Crippen LogP contribution is 2.61. The van der Waals surface area contributed by atoms with Crippen LogP contribution in [0.25, 0.3) is 11.6 Å². The van der Waals surface area contributed by atoms with Gasteiger partial charge >= 0.3 is 0 Å². The summed E-state index contributed by atoms with van der Waals surface area (Å²) in [6.45, 7) is 6.49. The number of allylic oxidation sites excluding steroid dienone is 1. The number of Topliss-reactive ketones (excluding diaryl/α,β-unsaturated/α-hetero) is 1. The fourth-order valence-corrected chi connectivity index (χ4v) is 7.36. The van der Waals surface area contributed by atoms with Crippen molar-refractivity contribution in [2.75, 3.05) is 0 Å². The van der Waals surface area contributed by atoms with Crippen LogP contribution in [0.5, 0.6) is 0 Å². The zero-order valence-electron chi connectivity index (χ0n) is 16.3. The highest BCUT2D eigenvalue weighted by Gasteiger charge is 2.55. The number of hydrogen-bond donors (Lipinski definition) is 0. The Balaban J connectivity index is 1.38. The van der Waals surface area contributed by atoms with Crippen molar-refractivity contribution in [2.24, 2.45) is 23.2 Å². The smallest absolute Gasteiger partial charge is 0.200 e. The Morgan fingerprint density at radius 2 is 2.00 bits per heavy atom. The molecule has 2 aromatic heterocycles. The molecule has 4 aliphatic carbocycles. The lowest BCUT2D eigenvalue weighted by molar-refractivity contribution is -0.142. The summed E-state index contributed by atoms with van der Waals surface area (Å²) < 4.78 is 7.49. The maximum absolute atomic E-state index is 13.6. The Bertz CT molecular complexity index is 850. The van der Waals surface area contributed by atoms with Crippen molar-refractivity contribution in [3.63, 3.8) is 0 Å². The minimum Gasteiger partial charge on any atom is -0.461 e. The molecule has 28 heavy (non-hydrogen) atoms. The number of ketones is 1. The molecule has 1 unspecified atom stereocenters. The molecule has 0 aromatic carbocycles. The van der Waals surface area contributed by atoms with Crippen molar-refractivity contribution < 1.29 is 9.21 Å². The van der Waals surface area contributed by atoms with Gasteiger partial charge in [-0.25, -0.2) is 0 Å². The number of thioether (sulfide) groups is 1. The third-order valence-corrected chi connectivity index (χ3v) is 8.06. The highest BCUT2D eigenvalue weighted by molar-refractivity contribution is 8.00. The molecule has 2 aromatic rings. The molecule has 1 atom stereocenters. The predicted octanol–water partition coefficient (Wildman–Crippen LogP) is 4.99. The Morgan fingerprint density at radius 3 is 2.57 bits per heavy atom. The van der Waals surface area contributed by atoms with E-state index in [1.165, 1.54) is 31.0 Å². The molecule has 4 saturated carbocycles. The van der Waals surface area contributed by atoms with Gasteiger partial charge in [0, 0.05) is 12.0 Å².